The van der Waals surface area contributed by atoms with Gasteiger partial charge < -0.3 is 14.9 Å². The molecule has 1 aliphatic rings. The predicted octanol–water partition coefficient (Wildman–Crippen LogP) is 6.76. The SMILES string of the molecule is COCCCCc1ccc(C2=C(c3cccc(CCCCO)c3)C(CCCCO)=CCC2)cc1. The van der Waals surface area contributed by atoms with Crippen molar-refractivity contribution in [3.8, 4) is 0 Å². The molecular formula is C31H42O3. The molecule has 0 spiro atoms. The first kappa shape index (κ1) is 26.4. The number of benzene rings is 2. The van der Waals surface area contributed by atoms with Gasteiger partial charge in [0.2, 0.25) is 0 Å². The molecule has 184 valence electrons. The molecular weight excluding hydrogens is 420 g/mol. The minimum absolute atomic E-state index is 0.255. The fourth-order valence-corrected chi connectivity index (χ4v) is 4.89. The van der Waals surface area contributed by atoms with Crippen LogP contribution in [-0.4, -0.2) is 37.1 Å². The van der Waals surface area contributed by atoms with Crippen LogP contribution < -0.4 is 0 Å². The van der Waals surface area contributed by atoms with Crippen molar-refractivity contribution in [2.45, 2.75) is 70.6 Å². The van der Waals surface area contributed by atoms with Crippen LogP contribution in [0.5, 0.6) is 0 Å². The minimum Gasteiger partial charge on any atom is -0.396 e. The molecule has 1 aliphatic carbocycles. The van der Waals surface area contributed by atoms with Crippen molar-refractivity contribution in [2.75, 3.05) is 26.9 Å². The normalized spacial score (nSPS) is 13.9. The monoisotopic (exact) mass is 462 g/mol. The zero-order chi connectivity index (χ0) is 24.0. The van der Waals surface area contributed by atoms with Crippen LogP contribution in [0.2, 0.25) is 0 Å². The van der Waals surface area contributed by atoms with Gasteiger partial charge in [0.25, 0.3) is 0 Å². The number of hydrogen-bond donors (Lipinski definition) is 2. The van der Waals surface area contributed by atoms with Crippen molar-refractivity contribution >= 4 is 11.1 Å². The number of aliphatic hydroxyl groups excluding tert-OH is 2. The molecule has 3 heteroatoms. The second-order valence-corrected chi connectivity index (χ2v) is 9.33. The molecule has 0 heterocycles. The summed E-state index contributed by atoms with van der Waals surface area (Å²) in [7, 11) is 1.77. The molecule has 0 amide bonds. The maximum absolute atomic E-state index is 9.31. The quantitative estimate of drug-likeness (QED) is 0.287. The lowest BCUT2D eigenvalue weighted by atomic mass is 9.81. The Labute approximate surface area is 206 Å². The van der Waals surface area contributed by atoms with Crippen LogP contribution >= 0.6 is 0 Å². The molecule has 34 heavy (non-hydrogen) atoms. The molecule has 0 aliphatic heterocycles. The standard InChI is InChI=1S/C31H42O3/c1-34-23-7-4-10-25-17-19-27(20-18-25)30-16-9-14-28(13-3-6-22-33)31(30)29-15-8-12-26(24-29)11-2-5-21-32/h8,12,14-15,17-20,24,32-33H,2-7,9-11,13,16,21-23H2,1H3. The maximum atomic E-state index is 9.31. The lowest BCUT2D eigenvalue weighted by molar-refractivity contribution is 0.193. The highest BCUT2D eigenvalue weighted by atomic mass is 16.5. The number of allylic oxidation sites excluding steroid dienone is 4. The zero-order valence-electron chi connectivity index (χ0n) is 20.9. The molecule has 2 aromatic rings. The van der Waals surface area contributed by atoms with Gasteiger partial charge in [-0.25, -0.2) is 0 Å². The Hall–Kier alpha value is -2.20. The number of hydrogen-bond acceptors (Lipinski definition) is 3. The summed E-state index contributed by atoms with van der Waals surface area (Å²) in [5.41, 5.74) is 9.61. The molecule has 0 unspecified atom stereocenters. The van der Waals surface area contributed by atoms with Crippen LogP contribution in [0.4, 0.5) is 0 Å². The Morgan fingerprint density at radius 2 is 1.44 bits per heavy atom. The first-order chi connectivity index (χ1) is 16.8. The van der Waals surface area contributed by atoms with E-state index in [9.17, 15) is 5.11 Å². The Morgan fingerprint density at radius 1 is 0.735 bits per heavy atom. The molecule has 0 bridgehead atoms. The zero-order valence-corrected chi connectivity index (χ0v) is 20.9. The Balaban J connectivity index is 1.89. The third-order valence-corrected chi connectivity index (χ3v) is 6.72. The fraction of sp³-hybridized carbons (Fsp3) is 0.484. The van der Waals surface area contributed by atoms with Gasteiger partial charge in [0, 0.05) is 26.9 Å². The maximum Gasteiger partial charge on any atom is 0.0462 e. The highest BCUT2D eigenvalue weighted by molar-refractivity contribution is 5.99. The first-order valence-corrected chi connectivity index (χ1v) is 13.1. The summed E-state index contributed by atoms with van der Waals surface area (Å²) in [6, 6.07) is 18.2. The van der Waals surface area contributed by atoms with Crippen molar-refractivity contribution in [3.05, 3.63) is 82.4 Å². The second kappa shape index (κ2) is 14.9. The van der Waals surface area contributed by atoms with Crippen molar-refractivity contribution < 1.29 is 14.9 Å². The number of aliphatic hydroxyl groups is 2. The summed E-state index contributed by atoms with van der Waals surface area (Å²) in [6.07, 6.45) is 13.6. The van der Waals surface area contributed by atoms with Crippen LogP contribution in [0.15, 0.2) is 60.2 Å². The van der Waals surface area contributed by atoms with Gasteiger partial charge in [-0.05, 0) is 110 Å². The number of methoxy groups -OCH3 is 1. The summed E-state index contributed by atoms with van der Waals surface area (Å²) >= 11 is 0. The molecule has 3 rings (SSSR count). The molecule has 0 atom stereocenters. The van der Waals surface area contributed by atoms with E-state index >= 15 is 0 Å². The van der Waals surface area contributed by atoms with Crippen LogP contribution in [0, 0.1) is 0 Å². The Morgan fingerprint density at radius 3 is 2.18 bits per heavy atom. The van der Waals surface area contributed by atoms with E-state index in [0.717, 1.165) is 77.2 Å². The second-order valence-electron chi connectivity index (χ2n) is 9.33. The van der Waals surface area contributed by atoms with Crippen LogP contribution in [0.25, 0.3) is 11.1 Å². The summed E-state index contributed by atoms with van der Waals surface area (Å²) < 4.78 is 5.18. The molecule has 0 fully saturated rings. The van der Waals surface area contributed by atoms with Crippen molar-refractivity contribution in [1.82, 2.24) is 0 Å². The highest BCUT2D eigenvalue weighted by Crippen LogP contribution is 2.41. The topological polar surface area (TPSA) is 49.7 Å². The van der Waals surface area contributed by atoms with E-state index < -0.39 is 0 Å². The van der Waals surface area contributed by atoms with E-state index in [1.54, 1.807) is 7.11 Å². The fourth-order valence-electron chi connectivity index (χ4n) is 4.89. The molecule has 2 aromatic carbocycles. The molecule has 2 N–H and O–H groups in total. The average molecular weight is 463 g/mol. The molecule has 3 nitrogen and oxygen atoms in total. The number of rotatable bonds is 15. The summed E-state index contributed by atoms with van der Waals surface area (Å²) in [5.74, 6) is 0. The van der Waals surface area contributed by atoms with Gasteiger partial charge in [0.15, 0.2) is 0 Å². The number of ether oxygens (including phenoxy) is 1. The van der Waals surface area contributed by atoms with Crippen LogP contribution in [0.3, 0.4) is 0 Å². The first-order valence-electron chi connectivity index (χ1n) is 13.1. The minimum atomic E-state index is 0.255. The van der Waals surface area contributed by atoms with Gasteiger partial charge in [-0.3, -0.25) is 0 Å². The molecule has 0 saturated heterocycles. The molecule has 0 saturated carbocycles. The van der Waals surface area contributed by atoms with Gasteiger partial charge in [0.05, 0.1) is 0 Å². The number of aryl methyl sites for hydroxylation is 2. The van der Waals surface area contributed by atoms with Gasteiger partial charge in [-0.2, -0.15) is 0 Å². The van der Waals surface area contributed by atoms with Crippen LogP contribution in [0.1, 0.15) is 80.0 Å². The van der Waals surface area contributed by atoms with E-state index in [2.05, 4.69) is 54.6 Å². The van der Waals surface area contributed by atoms with E-state index in [1.807, 2.05) is 0 Å². The Bertz CT molecular complexity index is 924. The lowest BCUT2D eigenvalue weighted by Crippen LogP contribution is -2.03. The van der Waals surface area contributed by atoms with E-state index in [1.165, 1.54) is 39.0 Å². The van der Waals surface area contributed by atoms with E-state index in [-0.39, 0.29) is 13.2 Å². The average Bonchev–Trinajstić information content (AvgIpc) is 2.87. The number of unbranched alkanes of at least 4 members (excludes halogenated alkanes) is 3. The van der Waals surface area contributed by atoms with Gasteiger partial charge >= 0.3 is 0 Å². The predicted molar refractivity (Wildman–Crippen MR) is 143 cm³/mol. The highest BCUT2D eigenvalue weighted by Gasteiger charge is 2.19. The Kier molecular flexibility index (Phi) is 11.6. The van der Waals surface area contributed by atoms with Gasteiger partial charge in [0.1, 0.15) is 0 Å². The molecule has 0 aromatic heterocycles. The van der Waals surface area contributed by atoms with E-state index in [0.29, 0.717) is 0 Å². The summed E-state index contributed by atoms with van der Waals surface area (Å²) in [4.78, 5) is 0. The summed E-state index contributed by atoms with van der Waals surface area (Å²) in [5, 5.41) is 18.5. The van der Waals surface area contributed by atoms with Crippen molar-refractivity contribution in [2.24, 2.45) is 0 Å². The molecule has 0 radical (unpaired) electrons. The van der Waals surface area contributed by atoms with Gasteiger partial charge in [-0.15, -0.1) is 0 Å². The van der Waals surface area contributed by atoms with Crippen molar-refractivity contribution in [1.29, 1.82) is 0 Å². The van der Waals surface area contributed by atoms with Crippen LogP contribution in [-0.2, 0) is 17.6 Å². The van der Waals surface area contributed by atoms with Gasteiger partial charge in [-0.1, -0.05) is 54.6 Å². The van der Waals surface area contributed by atoms with E-state index in [4.69, 9.17) is 9.84 Å². The smallest absolute Gasteiger partial charge is 0.0462 e. The van der Waals surface area contributed by atoms with Crippen molar-refractivity contribution in [3.63, 3.8) is 0 Å². The third-order valence-electron chi connectivity index (χ3n) is 6.72. The third kappa shape index (κ3) is 7.94. The largest absolute Gasteiger partial charge is 0.396 e. The summed E-state index contributed by atoms with van der Waals surface area (Å²) in [6.45, 7) is 1.35. The lowest BCUT2D eigenvalue weighted by Gasteiger charge is -2.24.